The second-order valence-corrected chi connectivity index (χ2v) is 8.74. The van der Waals surface area contributed by atoms with E-state index in [1.165, 1.54) is 17.6 Å². The molecule has 1 heterocycles. The molecule has 0 saturated carbocycles. The molecule has 1 rings (SSSR count). The second kappa shape index (κ2) is 4.35. The van der Waals surface area contributed by atoms with Gasteiger partial charge in [-0.1, -0.05) is 27.5 Å². The smallest absolute Gasteiger partial charge is 0.154 e. The van der Waals surface area contributed by atoms with Gasteiger partial charge in [-0.3, -0.25) is 0 Å². The maximum absolute atomic E-state index is 11.6. The third kappa shape index (κ3) is 2.57. The van der Waals surface area contributed by atoms with E-state index in [0.29, 0.717) is 5.02 Å². The molecule has 15 heavy (non-hydrogen) atoms. The highest BCUT2D eigenvalue weighted by molar-refractivity contribution is 9.09. The Kier molecular flexibility index (Phi) is 3.92. The molecular weight excluding hydrogens is 320 g/mol. The number of sulfone groups is 1. The number of rotatable bonds is 3. The monoisotopic (exact) mass is 330 g/mol. The normalized spacial score (nSPS) is 15.3. The van der Waals surface area contributed by atoms with Gasteiger partial charge in [0.15, 0.2) is 9.84 Å². The van der Waals surface area contributed by atoms with Crippen molar-refractivity contribution in [1.82, 2.24) is 0 Å². The summed E-state index contributed by atoms with van der Waals surface area (Å²) in [5.74, 6) is 0. The summed E-state index contributed by atoms with van der Waals surface area (Å²) in [6, 6.07) is 1.77. The molecular formula is C9H12BrClO2S2. The molecule has 1 aromatic rings. The van der Waals surface area contributed by atoms with E-state index in [4.69, 9.17) is 11.6 Å². The van der Waals surface area contributed by atoms with E-state index < -0.39 is 14.6 Å². The molecule has 0 aliphatic carbocycles. The van der Waals surface area contributed by atoms with Gasteiger partial charge in [-0.2, -0.15) is 0 Å². The number of thiophene rings is 1. The summed E-state index contributed by atoms with van der Waals surface area (Å²) in [7, 11) is -3.14. The SMILES string of the molecule is CC(C)(C(Br)c1sccc1Cl)S(C)(=O)=O. The molecule has 0 aliphatic heterocycles. The zero-order valence-electron chi connectivity index (χ0n) is 8.62. The Morgan fingerprint density at radius 3 is 2.40 bits per heavy atom. The molecule has 0 fully saturated rings. The zero-order chi connectivity index (χ0) is 11.9. The molecule has 86 valence electrons. The molecule has 1 atom stereocenters. The van der Waals surface area contributed by atoms with Gasteiger partial charge >= 0.3 is 0 Å². The van der Waals surface area contributed by atoms with E-state index in [9.17, 15) is 8.42 Å². The molecule has 0 aromatic carbocycles. The molecule has 0 aliphatic rings. The molecule has 0 saturated heterocycles. The van der Waals surface area contributed by atoms with Crippen LogP contribution in [0.5, 0.6) is 0 Å². The lowest BCUT2D eigenvalue weighted by Gasteiger charge is -2.27. The first-order valence-corrected chi connectivity index (χ1v) is 8.31. The Hall–Kier alpha value is 0.420. The van der Waals surface area contributed by atoms with Crippen LogP contribution in [0.2, 0.25) is 5.02 Å². The summed E-state index contributed by atoms with van der Waals surface area (Å²) < 4.78 is 22.4. The summed E-state index contributed by atoms with van der Waals surface area (Å²) in [5, 5.41) is 2.46. The van der Waals surface area contributed by atoms with Crippen molar-refractivity contribution in [2.75, 3.05) is 6.26 Å². The van der Waals surface area contributed by atoms with Gasteiger partial charge in [-0.05, 0) is 25.3 Å². The predicted octanol–water partition coefficient (Wildman–Crippen LogP) is 3.66. The van der Waals surface area contributed by atoms with Crippen LogP contribution in [0.15, 0.2) is 11.4 Å². The van der Waals surface area contributed by atoms with E-state index >= 15 is 0 Å². The molecule has 0 N–H and O–H groups in total. The first-order chi connectivity index (χ1) is 6.68. The van der Waals surface area contributed by atoms with Gasteiger partial charge in [0.2, 0.25) is 0 Å². The van der Waals surface area contributed by atoms with Crippen LogP contribution < -0.4 is 0 Å². The first kappa shape index (κ1) is 13.5. The van der Waals surface area contributed by atoms with Gasteiger partial charge in [-0.15, -0.1) is 11.3 Å². The van der Waals surface area contributed by atoms with E-state index in [1.54, 1.807) is 19.9 Å². The van der Waals surface area contributed by atoms with Gasteiger partial charge in [0, 0.05) is 11.1 Å². The summed E-state index contributed by atoms with van der Waals surface area (Å²) in [4.78, 5) is 0.569. The molecule has 0 spiro atoms. The van der Waals surface area contributed by atoms with E-state index in [2.05, 4.69) is 15.9 Å². The van der Waals surface area contributed by atoms with E-state index in [-0.39, 0.29) is 4.83 Å². The fraction of sp³-hybridized carbons (Fsp3) is 0.556. The van der Waals surface area contributed by atoms with Crippen molar-refractivity contribution in [3.63, 3.8) is 0 Å². The summed E-state index contributed by atoms with van der Waals surface area (Å²) >= 11 is 10.9. The second-order valence-electron chi connectivity index (χ2n) is 3.87. The lowest BCUT2D eigenvalue weighted by Crippen LogP contribution is -2.34. The number of alkyl halides is 1. The summed E-state index contributed by atoms with van der Waals surface area (Å²) in [6.07, 6.45) is 1.24. The Bertz CT molecular complexity index is 450. The fourth-order valence-electron chi connectivity index (χ4n) is 0.990. The van der Waals surface area contributed by atoms with Gasteiger partial charge in [0.05, 0.1) is 14.6 Å². The Balaban J connectivity index is 3.16. The van der Waals surface area contributed by atoms with Crippen molar-refractivity contribution in [3.8, 4) is 0 Å². The predicted molar refractivity (Wildman–Crippen MR) is 69.9 cm³/mol. The van der Waals surface area contributed by atoms with Crippen LogP contribution in [0, 0.1) is 0 Å². The molecule has 0 radical (unpaired) electrons. The average molecular weight is 332 g/mol. The van der Waals surface area contributed by atoms with Crippen LogP contribution in [-0.4, -0.2) is 19.4 Å². The molecule has 6 heteroatoms. The minimum Gasteiger partial charge on any atom is -0.229 e. The quantitative estimate of drug-likeness (QED) is 0.792. The van der Waals surface area contributed by atoms with Crippen LogP contribution in [-0.2, 0) is 9.84 Å². The van der Waals surface area contributed by atoms with Crippen molar-refractivity contribution in [2.45, 2.75) is 23.4 Å². The van der Waals surface area contributed by atoms with Crippen molar-refractivity contribution in [1.29, 1.82) is 0 Å². The summed E-state index contributed by atoms with van der Waals surface area (Å²) in [6.45, 7) is 3.38. The van der Waals surface area contributed by atoms with E-state index in [0.717, 1.165) is 4.88 Å². The molecule has 1 aromatic heterocycles. The molecule has 1 unspecified atom stereocenters. The molecule has 0 amide bonds. The Labute approximate surface area is 108 Å². The minimum absolute atomic E-state index is 0.285. The molecule has 2 nitrogen and oxygen atoms in total. The van der Waals surface area contributed by atoms with E-state index in [1.807, 2.05) is 5.38 Å². The number of halogens is 2. The lowest BCUT2D eigenvalue weighted by atomic mass is 10.1. The van der Waals surface area contributed by atoms with Gasteiger partial charge in [0.1, 0.15) is 0 Å². The fourth-order valence-corrected chi connectivity index (χ4v) is 4.60. The Morgan fingerprint density at radius 2 is 2.07 bits per heavy atom. The van der Waals surface area contributed by atoms with Crippen molar-refractivity contribution in [3.05, 3.63) is 21.3 Å². The van der Waals surface area contributed by atoms with Gasteiger partial charge in [-0.25, -0.2) is 8.42 Å². The van der Waals surface area contributed by atoms with Crippen LogP contribution in [0.25, 0.3) is 0 Å². The third-order valence-corrected chi connectivity index (χ3v) is 8.22. The maximum Gasteiger partial charge on any atom is 0.154 e. The van der Waals surface area contributed by atoms with Crippen LogP contribution in [0.4, 0.5) is 0 Å². The van der Waals surface area contributed by atoms with Crippen LogP contribution >= 0.6 is 38.9 Å². The largest absolute Gasteiger partial charge is 0.229 e. The Morgan fingerprint density at radius 1 is 1.53 bits per heavy atom. The van der Waals surface area contributed by atoms with Crippen molar-refractivity contribution >= 4 is 48.7 Å². The summed E-state index contributed by atoms with van der Waals surface area (Å²) in [5.41, 5.74) is 0. The van der Waals surface area contributed by atoms with Gasteiger partial charge < -0.3 is 0 Å². The lowest BCUT2D eigenvalue weighted by molar-refractivity contribution is 0.550. The average Bonchev–Trinajstić information content (AvgIpc) is 2.48. The highest BCUT2D eigenvalue weighted by Gasteiger charge is 2.39. The number of hydrogen-bond acceptors (Lipinski definition) is 3. The number of hydrogen-bond donors (Lipinski definition) is 0. The first-order valence-electron chi connectivity index (χ1n) is 4.24. The van der Waals surface area contributed by atoms with Gasteiger partial charge in [0.25, 0.3) is 0 Å². The van der Waals surface area contributed by atoms with Crippen molar-refractivity contribution in [2.24, 2.45) is 0 Å². The van der Waals surface area contributed by atoms with Crippen LogP contribution in [0.3, 0.4) is 0 Å². The standard InChI is InChI=1S/C9H12BrClO2S2/c1-9(2,15(3,12)13)8(10)7-6(11)4-5-14-7/h4-5,8H,1-3H3. The maximum atomic E-state index is 11.6. The molecule has 0 bridgehead atoms. The zero-order valence-corrected chi connectivity index (χ0v) is 12.6. The van der Waals surface area contributed by atoms with Crippen molar-refractivity contribution < 1.29 is 8.42 Å². The highest BCUT2D eigenvalue weighted by atomic mass is 79.9. The van der Waals surface area contributed by atoms with Crippen LogP contribution in [0.1, 0.15) is 23.6 Å². The highest BCUT2D eigenvalue weighted by Crippen LogP contribution is 2.44. The topological polar surface area (TPSA) is 34.1 Å². The third-order valence-electron chi connectivity index (χ3n) is 2.44. The minimum atomic E-state index is -3.14.